The molecule has 0 saturated carbocycles. The van der Waals surface area contributed by atoms with E-state index >= 15 is 0 Å². The number of amidine groups is 1. The predicted molar refractivity (Wildman–Crippen MR) is 87.4 cm³/mol. The average Bonchev–Trinajstić information content (AvgIpc) is 2.52. The molecule has 0 aliphatic heterocycles. The molecule has 1 aromatic rings. The Balaban J connectivity index is 2.68. The molecule has 0 radical (unpaired) electrons. The highest BCUT2D eigenvalue weighted by Gasteiger charge is 2.24. The van der Waals surface area contributed by atoms with Crippen LogP contribution in [0.3, 0.4) is 0 Å². The minimum atomic E-state index is -0.352. The van der Waals surface area contributed by atoms with Crippen molar-refractivity contribution in [3.63, 3.8) is 0 Å². The Labute approximate surface area is 130 Å². The molecule has 6 heteroatoms. The molecular formula is C15H24FN3OS. The van der Waals surface area contributed by atoms with Crippen molar-refractivity contribution in [2.45, 2.75) is 38.0 Å². The molecule has 1 aromatic carbocycles. The highest BCUT2D eigenvalue weighted by molar-refractivity contribution is 8.00. The van der Waals surface area contributed by atoms with Gasteiger partial charge in [-0.2, -0.15) is 11.8 Å². The van der Waals surface area contributed by atoms with E-state index in [2.05, 4.69) is 30.6 Å². The lowest BCUT2D eigenvalue weighted by molar-refractivity contribution is 0.318. The smallest absolute Gasteiger partial charge is 0.170 e. The Morgan fingerprint density at radius 3 is 2.57 bits per heavy atom. The first kappa shape index (κ1) is 17.8. The van der Waals surface area contributed by atoms with Gasteiger partial charge in [-0.05, 0) is 25.2 Å². The monoisotopic (exact) mass is 313 g/mol. The molecule has 0 atom stereocenters. The number of thioether (sulfide) groups is 1. The Morgan fingerprint density at radius 2 is 2.10 bits per heavy atom. The Kier molecular flexibility index (Phi) is 6.98. The maximum Gasteiger partial charge on any atom is 0.170 e. The lowest BCUT2D eigenvalue weighted by Gasteiger charge is -2.30. The zero-order valence-corrected chi connectivity index (χ0v) is 13.6. The van der Waals surface area contributed by atoms with Gasteiger partial charge in [0, 0.05) is 29.0 Å². The average molecular weight is 313 g/mol. The minimum Gasteiger partial charge on any atom is -0.409 e. The topological polar surface area (TPSA) is 70.6 Å². The fourth-order valence-electron chi connectivity index (χ4n) is 2.19. The molecule has 118 valence electrons. The van der Waals surface area contributed by atoms with E-state index in [0.717, 1.165) is 19.4 Å². The fourth-order valence-corrected chi connectivity index (χ4v) is 3.02. The quantitative estimate of drug-likeness (QED) is 0.299. The molecule has 0 saturated heterocycles. The van der Waals surface area contributed by atoms with Crippen molar-refractivity contribution in [1.82, 2.24) is 5.32 Å². The van der Waals surface area contributed by atoms with Crippen molar-refractivity contribution in [1.29, 1.82) is 0 Å². The first-order valence-corrected chi connectivity index (χ1v) is 8.26. The first-order valence-electron chi connectivity index (χ1n) is 7.04. The molecule has 0 aliphatic rings. The van der Waals surface area contributed by atoms with Gasteiger partial charge in [0.05, 0.1) is 0 Å². The largest absolute Gasteiger partial charge is 0.409 e. The number of hydrogen-bond acceptors (Lipinski definition) is 4. The second-order valence-corrected chi connectivity index (χ2v) is 6.26. The van der Waals surface area contributed by atoms with E-state index in [1.165, 1.54) is 6.07 Å². The van der Waals surface area contributed by atoms with Gasteiger partial charge in [0.1, 0.15) is 5.82 Å². The van der Waals surface area contributed by atoms with Gasteiger partial charge < -0.3 is 16.3 Å². The molecule has 0 heterocycles. The summed E-state index contributed by atoms with van der Waals surface area (Å²) in [6, 6.07) is 4.60. The third-order valence-electron chi connectivity index (χ3n) is 3.94. The van der Waals surface area contributed by atoms with Gasteiger partial charge in [0.15, 0.2) is 5.84 Å². The van der Waals surface area contributed by atoms with Crippen molar-refractivity contribution >= 4 is 17.6 Å². The lowest BCUT2D eigenvalue weighted by Crippen LogP contribution is -2.36. The van der Waals surface area contributed by atoms with Crippen molar-refractivity contribution in [2.75, 3.05) is 12.8 Å². The van der Waals surface area contributed by atoms with E-state index in [9.17, 15) is 4.39 Å². The first-order chi connectivity index (χ1) is 10.0. The Bertz CT molecular complexity index is 482. The molecule has 1 rings (SSSR count). The summed E-state index contributed by atoms with van der Waals surface area (Å²) < 4.78 is 14.2. The molecule has 0 fully saturated rings. The second-order valence-electron chi connectivity index (χ2n) is 4.99. The van der Waals surface area contributed by atoms with Gasteiger partial charge in [0.2, 0.25) is 0 Å². The molecule has 0 aromatic heterocycles. The molecule has 0 amide bonds. The molecule has 21 heavy (non-hydrogen) atoms. The van der Waals surface area contributed by atoms with Crippen molar-refractivity contribution < 1.29 is 9.60 Å². The van der Waals surface area contributed by atoms with Gasteiger partial charge in [-0.3, -0.25) is 0 Å². The predicted octanol–water partition coefficient (Wildman–Crippen LogP) is 2.93. The zero-order chi connectivity index (χ0) is 15.9. The van der Waals surface area contributed by atoms with Crippen LogP contribution in [0, 0.1) is 5.82 Å². The van der Waals surface area contributed by atoms with Crippen LogP contribution in [0.4, 0.5) is 4.39 Å². The van der Waals surface area contributed by atoms with Crippen LogP contribution in [0.15, 0.2) is 23.4 Å². The summed E-state index contributed by atoms with van der Waals surface area (Å²) in [6.45, 7) is 5.65. The van der Waals surface area contributed by atoms with Crippen LogP contribution >= 0.6 is 11.8 Å². The zero-order valence-electron chi connectivity index (χ0n) is 12.8. The molecule has 0 aliphatic carbocycles. The van der Waals surface area contributed by atoms with Crippen molar-refractivity contribution in [2.24, 2.45) is 10.9 Å². The summed E-state index contributed by atoms with van der Waals surface area (Å²) in [6.07, 6.45) is 4.26. The van der Waals surface area contributed by atoms with Gasteiger partial charge in [-0.1, -0.05) is 31.1 Å². The lowest BCUT2D eigenvalue weighted by atomic mass is 10.0. The molecular weight excluding hydrogens is 289 g/mol. The van der Waals surface area contributed by atoms with Crippen LogP contribution in [0.2, 0.25) is 0 Å². The number of rotatable bonds is 8. The summed E-state index contributed by atoms with van der Waals surface area (Å²) in [7, 11) is 0. The maximum absolute atomic E-state index is 14.0. The fraction of sp³-hybridized carbons (Fsp3) is 0.533. The summed E-state index contributed by atoms with van der Waals surface area (Å²) in [5.74, 6) is -0.443. The summed E-state index contributed by atoms with van der Waals surface area (Å²) in [5.41, 5.74) is 6.39. The van der Waals surface area contributed by atoms with Crippen LogP contribution in [0.25, 0.3) is 0 Å². The van der Waals surface area contributed by atoms with Crippen LogP contribution in [0.1, 0.15) is 37.8 Å². The number of hydrogen-bond donors (Lipinski definition) is 3. The second kappa shape index (κ2) is 8.24. The minimum absolute atomic E-state index is 0.0909. The standard InChI is InChI=1S/C15H24FN3OS/c1-4-15(5-2,21-3)10-18-9-12-7-6-11(8-13(12)16)14(17)19-20/h6-8,18,20H,4-5,9-10H2,1-3H3,(H2,17,19). The Morgan fingerprint density at radius 1 is 1.43 bits per heavy atom. The number of halogens is 1. The molecule has 0 spiro atoms. The van der Waals surface area contributed by atoms with E-state index in [4.69, 9.17) is 10.9 Å². The highest BCUT2D eigenvalue weighted by Crippen LogP contribution is 2.29. The SMILES string of the molecule is CCC(CC)(CNCc1ccc(/C(N)=N/O)cc1F)SC. The summed E-state index contributed by atoms with van der Waals surface area (Å²) in [4.78, 5) is 0. The Hall–Kier alpha value is -1.27. The van der Waals surface area contributed by atoms with Crippen LogP contribution in [-0.4, -0.2) is 28.6 Å². The van der Waals surface area contributed by atoms with Gasteiger partial charge in [-0.15, -0.1) is 0 Å². The third kappa shape index (κ3) is 4.61. The maximum atomic E-state index is 14.0. The number of benzene rings is 1. The number of nitrogens with one attached hydrogen (secondary N) is 1. The molecule has 4 nitrogen and oxygen atoms in total. The van der Waals surface area contributed by atoms with E-state index in [-0.39, 0.29) is 16.4 Å². The third-order valence-corrected chi connectivity index (χ3v) is 5.53. The van der Waals surface area contributed by atoms with Crippen LogP contribution in [-0.2, 0) is 6.54 Å². The normalized spacial score (nSPS) is 12.7. The summed E-state index contributed by atoms with van der Waals surface area (Å²) in [5, 5.41) is 14.8. The van der Waals surface area contributed by atoms with E-state index in [1.54, 1.807) is 12.1 Å². The van der Waals surface area contributed by atoms with E-state index in [1.807, 2.05) is 11.8 Å². The van der Waals surface area contributed by atoms with Gasteiger partial charge in [-0.25, -0.2) is 4.39 Å². The number of nitrogens with two attached hydrogens (primary N) is 1. The van der Waals surface area contributed by atoms with E-state index in [0.29, 0.717) is 17.7 Å². The van der Waals surface area contributed by atoms with E-state index < -0.39 is 0 Å². The van der Waals surface area contributed by atoms with Crippen LogP contribution in [0.5, 0.6) is 0 Å². The van der Waals surface area contributed by atoms with Crippen molar-refractivity contribution in [3.05, 3.63) is 35.1 Å². The van der Waals surface area contributed by atoms with Gasteiger partial charge >= 0.3 is 0 Å². The molecule has 0 unspecified atom stereocenters. The number of oxime groups is 1. The van der Waals surface area contributed by atoms with Crippen molar-refractivity contribution in [3.8, 4) is 0 Å². The molecule has 4 N–H and O–H groups in total. The van der Waals surface area contributed by atoms with Gasteiger partial charge in [0.25, 0.3) is 0 Å². The highest BCUT2D eigenvalue weighted by atomic mass is 32.2. The summed E-state index contributed by atoms with van der Waals surface area (Å²) >= 11 is 1.85. The van der Waals surface area contributed by atoms with Crippen LogP contribution < -0.4 is 11.1 Å². The molecule has 0 bridgehead atoms. The number of nitrogens with zero attached hydrogens (tertiary/aromatic N) is 1.